The molecule has 5 nitrogen and oxygen atoms in total. The Morgan fingerprint density at radius 3 is 2.79 bits per heavy atom. The van der Waals surface area contributed by atoms with Gasteiger partial charge in [-0.2, -0.15) is 10.2 Å². The van der Waals surface area contributed by atoms with Gasteiger partial charge >= 0.3 is 0 Å². The van der Waals surface area contributed by atoms with E-state index in [1.807, 2.05) is 22.9 Å². The normalized spacial score (nSPS) is 11.2. The number of hydrogen-bond donors (Lipinski definition) is 2. The number of nitrogens with zero attached hydrogens (tertiary/aromatic N) is 3. The number of nitrogens with one attached hydrogen (secondary N) is 1. The molecule has 0 aliphatic carbocycles. The Morgan fingerprint density at radius 1 is 1.26 bits per heavy atom. The quantitative estimate of drug-likeness (QED) is 0.751. The molecule has 2 heterocycles. The van der Waals surface area contributed by atoms with Crippen molar-refractivity contribution >= 4 is 16.9 Å². The second-order valence-corrected chi connectivity index (χ2v) is 4.68. The molecule has 0 saturated carbocycles. The summed E-state index contributed by atoms with van der Waals surface area (Å²) in [6, 6.07) is 10.2. The summed E-state index contributed by atoms with van der Waals surface area (Å²) in [5, 5.41) is 12.7. The Kier molecular flexibility index (Phi) is 2.95. The summed E-state index contributed by atoms with van der Waals surface area (Å²) in [4.78, 5) is 0. The first-order valence-corrected chi connectivity index (χ1v) is 6.52. The van der Waals surface area contributed by atoms with Crippen LogP contribution in [0.2, 0.25) is 0 Å². The van der Waals surface area contributed by atoms with E-state index in [0.29, 0.717) is 12.4 Å². The molecule has 5 heteroatoms. The molecule has 3 N–H and O–H groups in total. The molecule has 0 fully saturated rings. The molecule has 0 saturated heterocycles. The second-order valence-electron chi connectivity index (χ2n) is 4.68. The highest BCUT2D eigenvalue weighted by molar-refractivity contribution is 5.89. The van der Waals surface area contributed by atoms with Crippen molar-refractivity contribution in [3.63, 3.8) is 0 Å². The number of H-pyrrole nitrogens is 1. The summed E-state index contributed by atoms with van der Waals surface area (Å²) < 4.78 is 1.92. The molecule has 0 radical (unpaired) electrons. The first kappa shape index (κ1) is 11.8. The van der Waals surface area contributed by atoms with Crippen molar-refractivity contribution < 1.29 is 0 Å². The van der Waals surface area contributed by atoms with Crippen molar-refractivity contribution in [1.82, 2.24) is 20.0 Å². The van der Waals surface area contributed by atoms with Crippen LogP contribution in [0.3, 0.4) is 0 Å². The molecule has 0 aliphatic heterocycles. The number of rotatable bonds is 4. The molecule has 1 aromatic carbocycles. The van der Waals surface area contributed by atoms with Crippen LogP contribution in [0, 0.1) is 0 Å². The lowest BCUT2D eigenvalue weighted by Gasteiger charge is -2.01. The van der Waals surface area contributed by atoms with Crippen molar-refractivity contribution in [3.8, 4) is 0 Å². The van der Waals surface area contributed by atoms with E-state index >= 15 is 0 Å². The Labute approximate surface area is 111 Å². The van der Waals surface area contributed by atoms with Gasteiger partial charge in [0.05, 0.1) is 17.6 Å². The maximum Gasteiger partial charge on any atom is 0.182 e. The van der Waals surface area contributed by atoms with Gasteiger partial charge < -0.3 is 5.73 Å². The standard InChI is InChI=1S/C14H17N5/c1-2-6-11-12-13(15)16-17-14(12)19(18-11)9-10-7-4-3-5-8-10/h3-5,7-8H,2,6,9H2,1H3,(H3,15,16,17). The van der Waals surface area contributed by atoms with E-state index in [2.05, 4.69) is 34.4 Å². The van der Waals surface area contributed by atoms with Gasteiger partial charge in [0.2, 0.25) is 0 Å². The largest absolute Gasteiger partial charge is 0.383 e. The van der Waals surface area contributed by atoms with E-state index in [1.54, 1.807) is 0 Å². The molecule has 0 spiro atoms. The number of aromatic nitrogens is 4. The first-order chi connectivity index (χ1) is 9.29. The van der Waals surface area contributed by atoms with Crippen molar-refractivity contribution in [2.45, 2.75) is 26.3 Å². The van der Waals surface area contributed by atoms with E-state index in [4.69, 9.17) is 5.73 Å². The molecule has 0 atom stereocenters. The Morgan fingerprint density at radius 2 is 2.05 bits per heavy atom. The van der Waals surface area contributed by atoms with Gasteiger partial charge in [-0.15, -0.1) is 0 Å². The number of nitrogens with two attached hydrogens (primary N) is 1. The minimum absolute atomic E-state index is 0.609. The van der Waals surface area contributed by atoms with Crippen molar-refractivity contribution in [2.75, 3.05) is 5.73 Å². The molecule has 19 heavy (non-hydrogen) atoms. The van der Waals surface area contributed by atoms with E-state index in [-0.39, 0.29) is 0 Å². The van der Waals surface area contributed by atoms with Gasteiger partial charge in [0, 0.05) is 0 Å². The lowest BCUT2D eigenvalue weighted by atomic mass is 10.2. The second kappa shape index (κ2) is 4.76. The van der Waals surface area contributed by atoms with Crippen molar-refractivity contribution in [2.24, 2.45) is 0 Å². The number of fused-ring (bicyclic) bond motifs is 1. The Bertz CT molecular complexity index is 680. The zero-order valence-electron chi connectivity index (χ0n) is 10.9. The minimum atomic E-state index is 0.609. The van der Waals surface area contributed by atoms with Gasteiger partial charge in [-0.3, -0.25) is 5.10 Å². The number of anilines is 1. The van der Waals surface area contributed by atoms with Crippen LogP contribution in [0.5, 0.6) is 0 Å². The third kappa shape index (κ3) is 2.07. The molecule has 0 aliphatic rings. The lowest BCUT2D eigenvalue weighted by Crippen LogP contribution is -2.03. The van der Waals surface area contributed by atoms with Gasteiger partial charge in [-0.05, 0) is 12.0 Å². The summed E-state index contributed by atoms with van der Waals surface area (Å²) in [6.45, 7) is 2.85. The van der Waals surface area contributed by atoms with Crippen LogP contribution in [-0.4, -0.2) is 20.0 Å². The predicted octanol–water partition coefficient (Wildman–Crippen LogP) is 2.34. The predicted molar refractivity (Wildman–Crippen MR) is 75.8 cm³/mol. The van der Waals surface area contributed by atoms with E-state index in [9.17, 15) is 0 Å². The summed E-state index contributed by atoms with van der Waals surface area (Å²) in [5.74, 6) is 0.609. The highest BCUT2D eigenvalue weighted by Crippen LogP contribution is 2.23. The number of hydrogen-bond acceptors (Lipinski definition) is 3. The maximum absolute atomic E-state index is 5.94. The van der Waals surface area contributed by atoms with Gasteiger partial charge in [0.1, 0.15) is 5.82 Å². The van der Waals surface area contributed by atoms with Crippen LogP contribution < -0.4 is 5.73 Å². The average molecular weight is 255 g/mol. The van der Waals surface area contributed by atoms with Gasteiger partial charge in [-0.1, -0.05) is 43.7 Å². The lowest BCUT2D eigenvalue weighted by molar-refractivity contribution is 0.678. The molecule has 3 rings (SSSR count). The molecule has 3 aromatic rings. The molecular formula is C14H17N5. The zero-order valence-corrected chi connectivity index (χ0v) is 10.9. The third-order valence-electron chi connectivity index (χ3n) is 3.21. The highest BCUT2D eigenvalue weighted by Gasteiger charge is 2.15. The Hall–Kier alpha value is -2.30. The summed E-state index contributed by atoms with van der Waals surface area (Å²) in [6.07, 6.45) is 1.96. The maximum atomic E-state index is 5.94. The van der Waals surface area contributed by atoms with Crippen molar-refractivity contribution in [3.05, 3.63) is 41.6 Å². The number of aromatic amines is 1. The molecular weight excluding hydrogens is 238 g/mol. The van der Waals surface area contributed by atoms with E-state index in [0.717, 1.165) is 29.6 Å². The SMILES string of the molecule is CCCc1nn(Cc2ccccc2)c2n[nH]c(N)c12. The first-order valence-electron chi connectivity index (χ1n) is 6.52. The van der Waals surface area contributed by atoms with Gasteiger partial charge in [-0.25, -0.2) is 4.68 Å². The number of benzene rings is 1. The van der Waals surface area contributed by atoms with Crippen LogP contribution in [0.25, 0.3) is 11.0 Å². The van der Waals surface area contributed by atoms with Gasteiger partial charge in [0.15, 0.2) is 5.65 Å². The van der Waals surface area contributed by atoms with E-state index in [1.165, 1.54) is 5.56 Å². The van der Waals surface area contributed by atoms with Crippen LogP contribution in [0.4, 0.5) is 5.82 Å². The highest BCUT2D eigenvalue weighted by atomic mass is 15.3. The fourth-order valence-corrected chi connectivity index (χ4v) is 2.34. The van der Waals surface area contributed by atoms with Gasteiger partial charge in [0.25, 0.3) is 0 Å². The number of nitrogen functional groups attached to an aromatic ring is 1. The molecule has 0 bridgehead atoms. The molecule has 0 unspecified atom stereocenters. The number of aryl methyl sites for hydroxylation is 1. The molecule has 2 aromatic heterocycles. The molecule has 0 amide bonds. The molecule has 98 valence electrons. The topological polar surface area (TPSA) is 72.5 Å². The smallest absolute Gasteiger partial charge is 0.182 e. The fourth-order valence-electron chi connectivity index (χ4n) is 2.34. The van der Waals surface area contributed by atoms with Crippen LogP contribution >= 0.6 is 0 Å². The summed E-state index contributed by atoms with van der Waals surface area (Å²) in [5.41, 5.74) is 9.01. The fraction of sp³-hybridized carbons (Fsp3) is 0.286. The van der Waals surface area contributed by atoms with E-state index < -0.39 is 0 Å². The Balaban J connectivity index is 2.04. The monoisotopic (exact) mass is 255 g/mol. The average Bonchev–Trinajstić information content (AvgIpc) is 2.95. The van der Waals surface area contributed by atoms with Crippen LogP contribution in [0.15, 0.2) is 30.3 Å². The zero-order chi connectivity index (χ0) is 13.2. The van der Waals surface area contributed by atoms with Crippen molar-refractivity contribution in [1.29, 1.82) is 0 Å². The third-order valence-corrected chi connectivity index (χ3v) is 3.21. The summed E-state index contributed by atoms with van der Waals surface area (Å²) in [7, 11) is 0. The van der Waals surface area contributed by atoms with Crippen LogP contribution in [0.1, 0.15) is 24.6 Å². The minimum Gasteiger partial charge on any atom is -0.383 e. The summed E-state index contributed by atoms with van der Waals surface area (Å²) >= 11 is 0. The van der Waals surface area contributed by atoms with Crippen LogP contribution in [-0.2, 0) is 13.0 Å².